The Labute approximate surface area is 95.9 Å². The predicted molar refractivity (Wildman–Crippen MR) is 59.7 cm³/mol. The highest BCUT2D eigenvalue weighted by Gasteiger charge is 2.48. The van der Waals surface area contributed by atoms with Crippen LogP contribution in [0.2, 0.25) is 0 Å². The van der Waals surface area contributed by atoms with Crippen LogP contribution in [-0.4, -0.2) is 18.4 Å². The lowest BCUT2D eigenvalue weighted by atomic mass is 9.85. The Kier molecular flexibility index (Phi) is 2.64. The first kappa shape index (κ1) is 11.4. The largest absolute Gasteiger partial charge is 0.465 e. The number of fused-ring (bicyclic) bond motifs is 1. The van der Waals surface area contributed by atoms with Crippen molar-refractivity contribution < 1.29 is 14.3 Å². The van der Waals surface area contributed by atoms with Crippen molar-refractivity contribution in [1.82, 2.24) is 0 Å². The van der Waals surface area contributed by atoms with Crippen LogP contribution in [0.1, 0.15) is 33.6 Å². The van der Waals surface area contributed by atoms with Gasteiger partial charge in [-0.1, -0.05) is 19.4 Å². The lowest BCUT2D eigenvalue weighted by molar-refractivity contribution is -0.151. The number of rotatable bonds is 2. The van der Waals surface area contributed by atoms with Crippen LogP contribution < -0.4 is 0 Å². The minimum absolute atomic E-state index is 0.0612. The topological polar surface area (TPSA) is 43.4 Å². The van der Waals surface area contributed by atoms with Crippen LogP contribution in [0.15, 0.2) is 11.6 Å². The van der Waals surface area contributed by atoms with Crippen molar-refractivity contribution in [2.45, 2.75) is 33.6 Å². The molecule has 16 heavy (non-hydrogen) atoms. The fourth-order valence-corrected chi connectivity index (χ4v) is 2.96. The molecule has 0 spiro atoms. The lowest BCUT2D eigenvalue weighted by Gasteiger charge is -2.19. The van der Waals surface area contributed by atoms with Crippen LogP contribution in [0.5, 0.6) is 0 Å². The molecule has 1 saturated carbocycles. The van der Waals surface area contributed by atoms with Crippen molar-refractivity contribution in [1.29, 1.82) is 0 Å². The van der Waals surface area contributed by atoms with E-state index < -0.39 is 5.92 Å². The number of esters is 1. The molecule has 3 nitrogen and oxygen atoms in total. The normalized spacial score (nSPS) is 31.2. The molecule has 0 radical (unpaired) electrons. The molecule has 88 valence electrons. The average molecular weight is 222 g/mol. The maximum absolute atomic E-state index is 11.7. The molecule has 0 aliphatic heterocycles. The molecule has 0 N–H and O–H groups in total. The smallest absolute Gasteiger partial charge is 0.317 e. The molecule has 2 aliphatic rings. The van der Waals surface area contributed by atoms with Crippen molar-refractivity contribution in [2.24, 2.45) is 17.3 Å². The molecule has 0 aromatic rings. The summed E-state index contributed by atoms with van der Waals surface area (Å²) in [5.74, 6) is -0.867. The molecular formula is C13H18O3. The van der Waals surface area contributed by atoms with Gasteiger partial charge in [-0.15, -0.1) is 0 Å². The quantitative estimate of drug-likeness (QED) is 0.531. The van der Waals surface area contributed by atoms with Crippen molar-refractivity contribution in [3.63, 3.8) is 0 Å². The summed E-state index contributed by atoms with van der Waals surface area (Å²) in [4.78, 5) is 23.5. The van der Waals surface area contributed by atoms with E-state index >= 15 is 0 Å². The van der Waals surface area contributed by atoms with Gasteiger partial charge in [0.25, 0.3) is 0 Å². The Morgan fingerprint density at radius 1 is 1.56 bits per heavy atom. The average Bonchev–Trinajstić information content (AvgIpc) is 2.55. The van der Waals surface area contributed by atoms with Gasteiger partial charge in [0, 0.05) is 5.92 Å². The molecule has 2 aliphatic carbocycles. The first-order valence-electron chi connectivity index (χ1n) is 5.85. The van der Waals surface area contributed by atoms with Crippen LogP contribution in [0.3, 0.4) is 0 Å². The Morgan fingerprint density at radius 2 is 2.25 bits per heavy atom. The molecule has 0 aromatic carbocycles. The summed E-state index contributed by atoms with van der Waals surface area (Å²) < 4.78 is 4.98. The van der Waals surface area contributed by atoms with Gasteiger partial charge in [-0.25, -0.2) is 0 Å². The SMILES string of the molecule is CCOC(=O)[C@H]1C(=O)C=C2CC(C)(C)C[C@@H]21. The maximum Gasteiger partial charge on any atom is 0.317 e. The Balaban J connectivity index is 2.19. The van der Waals surface area contributed by atoms with Crippen LogP contribution in [-0.2, 0) is 14.3 Å². The summed E-state index contributed by atoms with van der Waals surface area (Å²) in [6.07, 6.45) is 3.51. The van der Waals surface area contributed by atoms with E-state index in [-0.39, 0.29) is 23.1 Å². The van der Waals surface area contributed by atoms with Gasteiger partial charge in [0.05, 0.1) is 6.61 Å². The predicted octanol–water partition coefficient (Wildman–Crippen LogP) is 2.11. The monoisotopic (exact) mass is 222 g/mol. The zero-order valence-electron chi connectivity index (χ0n) is 10.1. The molecule has 0 heterocycles. The summed E-state index contributed by atoms with van der Waals surface area (Å²) in [6, 6.07) is 0. The van der Waals surface area contributed by atoms with Crippen LogP contribution >= 0.6 is 0 Å². The number of ketones is 1. The van der Waals surface area contributed by atoms with Crippen LogP contribution in [0.25, 0.3) is 0 Å². The van der Waals surface area contributed by atoms with E-state index in [4.69, 9.17) is 4.74 Å². The molecule has 0 bridgehead atoms. The van der Waals surface area contributed by atoms with Gasteiger partial charge in [-0.3, -0.25) is 9.59 Å². The van der Waals surface area contributed by atoms with Crippen molar-refractivity contribution in [3.05, 3.63) is 11.6 Å². The van der Waals surface area contributed by atoms with Crippen molar-refractivity contribution >= 4 is 11.8 Å². The minimum Gasteiger partial charge on any atom is -0.465 e. The number of carbonyl (C=O) groups excluding carboxylic acids is 2. The van der Waals surface area contributed by atoms with E-state index in [0.29, 0.717) is 6.61 Å². The highest BCUT2D eigenvalue weighted by atomic mass is 16.5. The lowest BCUT2D eigenvalue weighted by Crippen LogP contribution is -2.28. The minimum atomic E-state index is -0.559. The fraction of sp³-hybridized carbons (Fsp3) is 0.692. The maximum atomic E-state index is 11.7. The summed E-state index contributed by atoms with van der Waals surface area (Å²) in [5.41, 5.74) is 1.36. The molecule has 0 aromatic heterocycles. The number of allylic oxidation sites excluding steroid dienone is 2. The molecule has 0 unspecified atom stereocenters. The Hall–Kier alpha value is -1.12. The van der Waals surface area contributed by atoms with Gasteiger partial charge in [0.15, 0.2) is 5.78 Å². The van der Waals surface area contributed by atoms with Gasteiger partial charge < -0.3 is 4.74 Å². The van der Waals surface area contributed by atoms with Gasteiger partial charge in [-0.05, 0) is 31.3 Å². The van der Waals surface area contributed by atoms with Crippen molar-refractivity contribution in [2.75, 3.05) is 6.61 Å². The van der Waals surface area contributed by atoms with Gasteiger partial charge in [-0.2, -0.15) is 0 Å². The standard InChI is InChI=1S/C13H18O3/c1-4-16-12(15)11-9-7-13(2,3)6-8(9)5-10(11)14/h5,9,11H,4,6-7H2,1-3H3/t9-,11+/m0/s1. The van der Waals surface area contributed by atoms with E-state index in [2.05, 4.69) is 13.8 Å². The van der Waals surface area contributed by atoms with Crippen LogP contribution in [0.4, 0.5) is 0 Å². The molecule has 2 atom stereocenters. The summed E-state index contributed by atoms with van der Waals surface area (Å²) in [6.45, 7) is 6.47. The summed E-state index contributed by atoms with van der Waals surface area (Å²) in [5, 5.41) is 0. The van der Waals surface area contributed by atoms with E-state index in [1.807, 2.05) is 0 Å². The number of carbonyl (C=O) groups is 2. The third kappa shape index (κ3) is 1.79. The fourth-order valence-electron chi connectivity index (χ4n) is 2.96. The van der Waals surface area contributed by atoms with Crippen molar-refractivity contribution in [3.8, 4) is 0 Å². The first-order chi connectivity index (χ1) is 7.44. The molecule has 1 fully saturated rings. The summed E-state index contributed by atoms with van der Waals surface area (Å²) >= 11 is 0. The number of ether oxygens (including phenoxy) is 1. The number of hydrogen-bond acceptors (Lipinski definition) is 3. The second kappa shape index (κ2) is 3.72. The molecule has 2 rings (SSSR count). The van der Waals surface area contributed by atoms with E-state index in [9.17, 15) is 9.59 Å². The molecule has 0 saturated heterocycles. The highest BCUT2D eigenvalue weighted by molar-refractivity contribution is 6.08. The zero-order chi connectivity index (χ0) is 11.9. The molecule has 0 amide bonds. The third-order valence-electron chi connectivity index (χ3n) is 3.51. The van der Waals surface area contributed by atoms with Gasteiger partial charge >= 0.3 is 5.97 Å². The van der Waals surface area contributed by atoms with E-state index in [1.54, 1.807) is 13.0 Å². The van der Waals surface area contributed by atoms with E-state index in [1.165, 1.54) is 0 Å². The zero-order valence-corrected chi connectivity index (χ0v) is 10.1. The highest BCUT2D eigenvalue weighted by Crippen LogP contribution is 2.51. The molecular weight excluding hydrogens is 204 g/mol. The van der Waals surface area contributed by atoms with Gasteiger partial charge in [0.1, 0.15) is 5.92 Å². The van der Waals surface area contributed by atoms with E-state index in [0.717, 1.165) is 18.4 Å². The van der Waals surface area contributed by atoms with Crippen LogP contribution in [0, 0.1) is 17.3 Å². The summed E-state index contributed by atoms with van der Waals surface area (Å²) in [7, 11) is 0. The number of hydrogen-bond donors (Lipinski definition) is 0. The second-order valence-electron chi connectivity index (χ2n) is 5.50. The Morgan fingerprint density at radius 3 is 2.88 bits per heavy atom. The Bertz CT molecular complexity index is 365. The molecule has 3 heteroatoms. The third-order valence-corrected chi connectivity index (χ3v) is 3.51. The van der Waals surface area contributed by atoms with Gasteiger partial charge in [0.2, 0.25) is 0 Å². The first-order valence-corrected chi connectivity index (χ1v) is 5.85. The second-order valence-corrected chi connectivity index (χ2v) is 5.50.